The quantitative estimate of drug-likeness (QED) is 0.850. The van der Waals surface area contributed by atoms with Crippen LogP contribution in [0.3, 0.4) is 0 Å². The number of thioether (sulfide) groups is 1. The third-order valence-electron chi connectivity index (χ3n) is 4.24. The molecule has 18 heavy (non-hydrogen) atoms. The molecule has 2 fully saturated rings. The summed E-state index contributed by atoms with van der Waals surface area (Å²) in [6.45, 7) is 2.23. The van der Waals surface area contributed by atoms with Crippen molar-refractivity contribution in [2.75, 3.05) is 25.9 Å². The molecule has 104 valence electrons. The fraction of sp³-hybridized carbons (Fsp3) is 0.929. The zero-order valence-corrected chi connectivity index (χ0v) is 12.3. The number of hydrogen-bond donors (Lipinski definition) is 1. The summed E-state index contributed by atoms with van der Waals surface area (Å²) in [7, 11) is 2.00. The zero-order chi connectivity index (χ0) is 12.8. The molecule has 1 saturated carbocycles. The van der Waals surface area contributed by atoms with E-state index in [4.69, 9.17) is 0 Å². The van der Waals surface area contributed by atoms with Gasteiger partial charge in [-0.05, 0) is 38.8 Å². The standard InChI is InChI=1S/C14H26N2OS/c1-16(12-5-3-2-4-6-12)14(17)11-18-13-7-9-15-10-8-13/h12-13,15H,2-11H2,1H3. The molecule has 0 spiro atoms. The van der Waals surface area contributed by atoms with Crippen LogP contribution in [0.5, 0.6) is 0 Å². The highest BCUT2D eigenvalue weighted by Crippen LogP contribution is 2.24. The number of piperidine rings is 1. The third kappa shape index (κ3) is 4.16. The Bertz CT molecular complexity index is 261. The zero-order valence-electron chi connectivity index (χ0n) is 11.5. The van der Waals surface area contributed by atoms with Gasteiger partial charge in [0.1, 0.15) is 0 Å². The normalized spacial score (nSPS) is 22.9. The molecule has 0 aromatic heterocycles. The highest BCUT2D eigenvalue weighted by atomic mass is 32.2. The monoisotopic (exact) mass is 270 g/mol. The van der Waals surface area contributed by atoms with Gasteiger partial charge in [-0.15, -0.1) is 11.8 Å². The van der Waals surface area contributed by atoms with Gasteiger partial charge in [0.25, 0.3) is 0 Å². The van der Waals surface area contributed by atoms with Crippen LogP contribution in [0, 0.1) is 0 Å². The smallest absolute Gasteiger partial charge is 0.232 e. The molecule has 3 nitrogen and oxygen atoms in total. The van der Waals surface area contributed by atoms with Crippen molar-refractivity contribution in [1.29, 1.82) is 0 Å². The van der Waals surface area contributed by atoms with Crippen molar-refractivity contribution >= 4 is 17.7 Å². The van der Waals surface area contributed by atoms with E-state index >= 15 is 0 Å². The molecule has 1 N–H and O–H groups in total. The van der Waals surface area contributed by atoms with Gasteiger partial charge in [0.05, 0.1) is 5.75 Å². The Balaban J connectivity index is 1.69. The van der Waals surface area contributed by atoms with Crippen molar-refractivity contribution in [3.8, 4) is 0 Å². The Hall–Kier alpha value is -0.220. The molecule has 0 aromatic rings. The van der Waals surface area contributed by atoms with Gasteiger partial charge >= 0.3 is 0 Å². The SMILES string of the molecule is CN(C(=O)CSC1CCNCC1)C1CCCCC1. The van der Waals surface area contributed by atoms with Gasteiger partial charge in [-0.3, -0.25) is 4.79 Å². The van der Waals surface area contributed by atoms with E-state index in [0.717, 1.165) is 13.1 Å². The van der Waals surface area contributed by atoms with Crippen molar-refractivity contribution in [3.05, 3.63) is 0 Å². The van der Waals surface area contributed by atoms with Gasteiger partial charge in [0.2, 0.25) is 5.91 Å². The maximum atomic E-state index is 12.2. The van der Waals surface area contributed by atoms with Crippen LogP contribution in [0.15, 0.2) is 0 Å². The van der Waals surface area contributed by atoms with E-state index in [0.29, 0.717) is 23.0 Å². The number of nitrogens with one attached hydrogen (secondary N) is 1. The third-order valence-corrected chi connectivity index (χ3v) is 5.60. The predicted molar refractivity (Wildman–Crippen MR) is 78.0 cm³/mol. The lowest BCUT2D eigenvalue weighted by molar-refractivity contribution is -0.129. The minimum absolute atomic E-state index is 0.338. The lowest BCUT2D eigenvalue weighted by Crippen LogP contribution is -2.39. The van der Waals surface area contributed by atoms with E-state index in [9.17, 15) is 4.79 Å². The molecule has 1 saturated heterocycles. The second kappa shape index (κ2) is 7.39. The van der Waals surface area contributed by atoms with E-state index in [1.807, 2.05) is 23.7 Å². The molecule has 4 heteroatoms. The Kier molecular flexibility index (Phi) is 5.83. The number of amides is 1. The van der Waals surface area contributed by atoms with Crippen molar-refractivity contribution < 1.29 is 4.79 Å². The Morgan fingerprint density at radius 1 is 1.17 bits per heavy atom. The molecule has 0 unspecified atom stereocenters. The van der Waals surface area contributed by atoms with Crippen LogP contribution in [0.1, 0.15) is 44.9 Å². The second-order valence-electron chi connectivity index (χ2n) is 5.56. The number of rotatable bonds is 4. The number of carbonyl (C=O) groups is 1. The molecule has 2 aliphatic rings. The van der Waals surface area contributed by atoms with E-state index < -0.39 is 0 Å². The van der Waals surface area contributed by atoms with E-state index in [2.05, 4.69) is 5.32 Å². The van der Waals surface area contributed by atoms with Gasteiger partial charge < -0.3 is 10.2 Å². The molecule has 1 heterocycles. The fourth-order valence-electron chi connectivity index (χ4n) is 2.93. The first-order valence-electron chi connectivity index (χ1n) is 7.35. The Morgan fingerprint density at radius 3 is 2.50 bits per heavy atom. The molecule has 1 aliphatic carbocycles. The van der Waals surface area contributed by atoms with Gasteiger partial charge in [0, 0.05) is 18.3 Å². The molecule has 1 aliphatic heterocycles. The minimum atomic E-state index is 0.338. The maximum absolute atomic E-state index is 12.2. The summed E-state index contributed by atoms with van der Waals surface area (Å²) >= 11 is 1.87. The first-order valence-corrected chi connectivity index (χ1v) is 8.40. The van der Waals surface area contributed by atoms with E-state index in [1.165, 1.54) is 44.9 Å². The Labute approximate surface area is 115 Å². The van der Waals surface area contributed by atoms with Crippen LogP contribution in [0.2, 0.25) is 0 Å². The highest BCUT2D eigenvalue weighted by Gasteiger charge is 2.23. The summed E-state index contributed by atoms with van der Waals surface area (Å²) < 4.78 is 0. The maximum Gasteiger partial charge on any atom is 0.232 e. The highest BCUT2D eigenvalue weighted by molar-refractivity contribution is 8.00. The molecule has 0 bridgehead atoms. The summed E-state index contributed by atoms with van der Waals surface area (Å²) in [5.74, 6) is 1.02. The van der Waals surface area contributed by atoms with Gasteiger partial charge in [-0.25, -0.2) is 0 Å². The molecule has 1 amide bonds. The van der Waals surface area contributed by atoms with Crippen molar-refractivity contribution in [2.24, 2.45) is 0 Å². The summed E-state index contributed by atoms with van der Waals surface area (Å²) in [6.07, 6.45) is 8.78. The average molecular weight is 270 g/mol. The van der Waals surface area contributed by atoms with Crippen molar-refractivity contribution in [3.63, 3.8) is 0 Å². The molecular formula is C14H26N2OS. The fourth-order valence-corrected chi connectivity index (χ4v) is 4.08. The van der Waals surface area contributed by atoms with Crippen LogP contribution in [0.25, 0.3) is 0 Å². The van der Waals surface area contributed by atoms with Crippen molar-refractivity contribution in [1.82, 2.24) is 10.2 Å². The van der Waals surface area contributed by atoms with Crippen LogP contribution < -0.4 is 5.32 Å². The lowest BCUT2D eigenvalue weighted by atomic mass is 9.94. The first kappa shape index (κ1) is 14.2. The van der Waals surface area contributed by atoms with Crippen LogP contribution in [0.4, 0.5) is 0 Å². The number of carbonyl (C=O) groups excluding carboxylic acids is 1. The molecule has 0 radical (unpaired) electrons. The largest absolute Gasteiger partial charge is 0.342 e. The first-order chi connectivity index (χ1) is 8.77. The topological polar surface area (TPSA) is 32.3 Å². The van der Waals surface area contributed by atoms with Crippen LogP contribution in [-0.4, -0.2) is 48.0 Å². The second-order valence-corrected chi connectivity index (χ2v) is 6.85. The molecule has 0 atom stereocenters. The molecular weight excluding hydrogens is 244 g/mol. The van der Waals surface area contributed by atoms with Crippen LogP contribution >= 0.6 is 11.8 Å². The lowest BCUT2D eigenvalue weighted by Gasteiger charge is -2.31. The minimum Gasteiger partial charge on any atom is -0.342 e. The van der Waals surface area contributed by atoms with E-state index in [-0.39, 0.29) is 0 Å². The van der Waals surface area contributed by atoms with Gasteiger partial charge in [-0.1, -0.05) is 19.3 Å². The van der Waals surface area contributed by atoms with Gasteiger partial charge in [-0.2, -0.15) is 0 Å². The molecule has 0 aromatic carbocycles. The van der Waals surface area contributed by atoms with Gasteiger partial charge in [0.15, 0.2) is 0 Å². The van der Waals surface area contributed by atoms with E-state index in [1.54, 1.807) is 0 Å². The average Bonchev–Trinajstić information content (AvgIpc) is 2.46. The number of nitrogens with zero attached hydrogens (tertiary/aromatic N) is 1. The summed E-state index contributed by atoms with van der Waals surface area (Å²) in [5.41, 5.74) is 0. The van der Waals surface area contributed by atoms with Crippen LogP contribution in [-0.2, 0) is 4.79 Å². The summed E-state index contributed by atoms with van der Waals surface area (Å²) in [4.78, 5) is 14.2. The summed E-state index contributed by atoms with van der Waals surface area (Å²) in [5, 5.41) is 4.06. The summed E-state index contributed by atoms with van der Waals surface area (Å²) in [6, 6.07) is 0.514. The molecule has 2 rings (SSSR count). The van der Waals surface area contributed by atoms with Crippen molar-refractivity contribution in [2.45, 2.75) is 56.2 Å². The Morgan fingerprint density at radius 2 is 1.83 bits per heavy atom. The number of hydrogen-bond acceptors (Lipinski definition) is 3. The predicted octanol–water partition coefficient (Wildman–Crippen LogP) is 2.26.